The van der Waals surface area contributed by atoms with Crippen LogP contribution >= 0.6 is 11.3 Å². The van der Waals surface area contributed by atoms with Gasteiger partial charge in [-0.15, -0.1) is 11.3 Å². The number of hydrogen-bond acceptors (Lipinski definition) is 6. The molecule has 0 saturated heterocycles. The zero-order valence-corrected chi connectivity index (χ0v) is 18.8. The summed E-state index contributed by atoms with van der Waals surface area (Å²) >= 11 is 1.52. The topological polar surface area (TPSA) is 81.2 Å². The highest BCUT2D eigenvalue weighted by Crippen LogP contribution is 2.35. The monoisotopic (exact) mass is 451 g/mol. The van der Waals surface area contributed by atoms with Crippen molar-refractivity contribution >= 4 is 37.3 Å². The molecule has 1 aliphatic heterocycles. The van der Waals surface area contributed by atoms with E-state index in [1.807, 2.05) is 32.0 Å². The minimum Gasteiger partial charge on any atom is -0.488 e. The second kappa shape index (κ2) is 7.32. The molecule has 3 heterocycles. The van der Waals surface area contributed by atoms with Gasteiger partial charge in [-0.05, 0) is 68.7 Å². The van der Waals surface area contributed by atoms with Crippen molar-refractivity contribution in [3.05, 3.63) is 66.5 Å². The summed E-state index contributed by atoms with van der Waals surface area (Å²) in [5.41, 5.74) is 2.90. The molecular weight excluding hydrogens is 430 g/mol. The normalized spacial score (nSPS) is 15.3. The Balaban J connectivity index is 1.42. The molecule has 4 aromatic rings. The summed E-state index contributed by atoms with van der Waals surface area (Å²) in [5.74, 6) is 0.752. The summed E-state index contributed by atoms with van der Waals surface area (Å²) in [7, 11) is -3.73. The SMILES string of the molecule is CC1(C)CCc2cc(S(=O)(=O)Nc3cccc(-c4nc5ccncc5s4)c3)ccc2O1. The average molecular weight is 452 g/mol. The molecule has 2 aromatic carbocycles. The van der Waals surface area contributed by atoms with E-state index in [9.17, 15) is 8.42 Å². The number of pyridine rings is 1. The molecule has 0 atom stereocenters. The molecule has 6 nitrogen and oxygen atoms in total. The van der Waals surface area contributed by atoms with Crippen molar-refractivity contribution in [2.75, 3.05) is 4.72 Å². The molecule has 1 aliphatic rings. The fourth-order valence-electron chi connectivity index (χ4n) is 3.64. The minimum absolute atomic E-state index is 0.228. The van der Waals surface area contributed by atoms with Crippen molar-refractivity contribution in [1.29, 1.82) is 0 Å². The third-order valence-corrected chi connectivity index (χ3v) is 7.71. The van der Waals surface area contributed by atoms with Crippen LogP contribution in [0, 0.1) is 0 Å². The molecular formula is C23H21N3O3S2. The lowest BCUT2D eigenvalue weighted by atomic mass is 9.94. The lowest BCUT2D eigenvalue weighted by Crippen LogP contribution is -2.32. The number of aryl methyl sites for hydroxylation is 1. The Bertz CT molecular complexity index is 1360. The Morgan fingerprint density at radius 1 is 1.13 bits per heavy atom. The highest BCUT2D eigenvalue weighted by atomic mass is 32.2. The van der Waals surface area contributed by atoms with Gasteiger partial charge in [-0.2, -0.15) is 0 Å². The van der Waals surface area contributed by atoms with Crippen LogP contribution in [-0.2, 0) is 16.4 Å². The minimum atomic E-state index is -3.73. The van der Waals surface area contributed by atoms with Gasteiger partial charge in [-0.3, -0.25) is 9.71 Å². The summed E-state index contributed by atoms with van der Waals surface area (Å²) in [6.07, 6.45) is 5.12. The maximum absolute atomic E-state index is 13.0. The maximum Gasteiger partial charge on any atom is 0.261 e. The van der Waals surface area contributed by atoms with Crippen LogP contribution in [0.4, 0.5) is 5.69 Å². The Morgan fingerprint density at radius 3 is 2.84 bits per heavy atom. The number of aromatic nitrogens is 2. The van der Waals surface area contributed by atoms with Crippen molar-refractivity contribution in [2.24, 2.45) is 0 Å². The first kappa shape index (κ1) is 20.0. The van der Waals surface area contributed by atoms with E-state index in [2.05, 4.69) is 14.7 Å². The van der Waals surface area contributed by atoms with Crippen molar-refractivity contribution in [3.63, 3.8) is 0 Å². The number of rotatable bonds is 4. The molecule has 2 aromatic heterocycles. The standard InChI is InChI=1S/C23H21N3O3S2/c1-23(2)10-8-15-13-18(6-7-20(15)29-23)31(27,28)26-17-5-3-4-16(12-17)22-25-19-9-11-24-14-21(19)30-22/h3-7,9,11-14,26H,8,10H2,1-2H3. The van der Waals surface area contributed by atoms with Gasteiger partial charge in [0.2, 0.25) is 0 Å². The summed E-state index contributed by atoms with van der Waals surface area (Å²) in [6.45, 7) is 4.08. The summed E-state index contributed by atoms with van der Waals surface area (Å²) in [5, 5.41) is 0.817. The summed E-state index contributed by atoms with van der Waals surface area (Å²) in [4.78, 5) is 8.98. The first-order valence-corrected chi connectivity index (χ1v) is 12.2. The van der Waals surface area contributed by atoms with Gasteiger partial charge in [0, 0.05) is 23.6 Å². The van der Waals surface area contributed by atoms with Crippen LogP contribution < -0.4 is 9.46 Å². The summed E-state index contributed by atoms with van der Waals surface area (Å²) in [6, 6.07) is 14.2. The Hall–Kier alpha value is -2.97. The van der Waals surface area contributed by atoms with E-state index in [1.165, 1.54) is 11.3 Å². The number of fused-ring (bicyclic) bond motifs is 2. The fourth-order valence-corrected chi connectivity index (χ4v) is 5.66. The molecule has 158 valence electrons. The van der Waals surface area contributed by atoms with Gasteiger partial charge < -0.3 is 4.74 Å². The lowest BCUT2D eigenvalue weighted by molar-refractivity contribution is 0.0845. The zero-order valence-electron chi connectivity index (χ0n) is 17.1. The number of benzene rings is 2. The largest absolute Gasteiger partial charge is 0.488 e. The molecule has 0 aliphatic carbocycles. The first-order chi connectivity index (χ1) is 14.8. The van der Waals surface area contributed by atoms with Crippen molar-refractivity contribution in [2.45, 2.75) is 37.2 Å². The van der Waals surface area contributed by atoms with E-state index in [0.717, 1.165) is 44.9 Å². The van der Waals surface area contributed by atoms with Crippen LogP contribution in [0.25, 0.3) is 20.8 Å². The fraction of sp³-hybridized carbons (Fsp3) is 0.217. The average Bonchev–Trinajstić information content (AvgIpc) is 3.17. The Morgan fingerprint density at radius 2 is 2.00 bits per heavy atom. The molecule has 31 heavy (non-hydrogen) atoms. The van der Waals surface area contributed by atoms with E-state index in [1.54, 1.807) is 42.7 Å². The van der Waals surface area contributed by atoms with Crippen LogP contribution in [0.2, 0.25) is 0 Å². The molecule has 0 fully saturated rings. The quantitative estimate of drug-likeness (QED) is 0.458. The van der Waals surface area contributed by atoms with Gasteiger partial charge in [-0.25, -0.2) is 13.4 Å². The highest BCUT2D eigenvalue weighted by Gasteiger charge is 2.27. The van der Waals surface area contributed by atoms with Crippen LogP contribution in [0.15, 0.2) is 65.8 Å². The number of sulfonamides is 1. The molecule has 8 heteroatoms. The van der Waals surface area contributed by atoms with Crippen LogP contribution in [0.5, 0.6) is 5.75 Å². The highest BCUT2D eigenvalue weighted by molar-refractivity contribution is 7.92. The Kier molecular flexibility index (Phi) is 4.71. The number of nitrogens with zero attached hydrogens (tertiary/aromatic N) is 2. The van der Waals surface area contributed by atoms with Gasteiger partial charge in [0.15, 0.2) is 0 Å². The number of hydrogen-bond donors (Lipinski definition) is 1. The van der Waals surface area contributed by atoms with Gasteiger partial charge in [0.1, 0.15) is 16.4 Å². The second-order valence-corrected chi connectivity index (χ2v) is 10.9. The molecule has 1 N–H and O–H groups in total. The van der Waals surface area contributed by atoms with Gasteiger partial charge in [0.25, 0.3) is 10.0 Å². The molecule has 0 unspecified atom stereocenters. The number of ether oxygens (including phenoxy) is 1. The van der Waals surface area contributed by atoms with Crippen LogP contribution in [0.1, 0.15) is 25.8 Å². The van der Waals surface area contributed by atoms with Gasteiger partial charge >= 0.3 is 0 Å². The third kappa shape index (κ3) is 4.00. The zero-order chi connectivity index (χ0) is 21.6. The molecule has 0 spiro atoms. The Labute approximate surface area is 185 Å². The predicted molar refractivity (Wildman–Crippen MR) is 123 cm³/mol. The lowest BCUT2D eigenvalue weighted by Gasteiger charge is -2.32. The predicted octanol–water partition coefficient (Wildman–Crippen LogP) is 5.26. The number of thiazole rings is 1. The van der Waals surface area contributed by atoms with Crippen LogP contribution in [0.3, 0.4) is 0 Å². The molecule has 5 rings (SSSR count). The number of anilines is 1. The van der Waals surface area contributed by atoms with Crippen molar-refractivity contribution < 1.29 is 13.2 Å². The number of nitrogens with one attached hydrogen (secondary N) is 1. The molecule has 0 radical (unpaired) electrons. The summed E-state index contributed by atoms with van der Waals surface area (Å²) < 4.78 is 35.7. The van der Waals surface area contributed by atoms with E-state index in [4.69, 9.17) is 4.74 Å². The van der Waals surface area contributed by atoms with E-state index in [0.29, 0.717) is 5.69 Å². The third-order valence-electron chi connectivity index (χ3n) is 5.28. The molecule has 0 amide bonds. The van der Waals surface area contributed by atoms with Crippen molar-refractivity contribution in [1.82, 2.24) is 9.97 Å². The molecule has 0 saturated carbocycles. The maximum atomic E-state index is 13.0. The smallest absolute Gasteiger partial charge is 0.261 e. The van der Waals surface area contributed by atoms with E-state index >= 15 is 0 Å². The van der Waals surface area contributed by atoms with E-state index < -0.39 is 10.0 Å². The second-order valence-electron chi connectivity index (χ2n) is 8.18. The molecule has 0 bridgehead atoms. The van der Waals surface area contributed by atoms with Crippen LogP contribution in [-0.4, -0.2) is 24.0 Å². The van der Waals surface area contributed by atoms with Crippen molar-refractivity contribution in [3.8, 4) is 16.3 Å². The van der Waals surface area contributed by atoms with Gasteiger partial charge in [-0.1, -0.05) is 12.1 Å². The first-order valence-electron chi connectivity index (χ1n) is 9.95. The van der Waals surface area contributed by atoms with Gasteiger partial charge in [0.05, 0.1) is 15.1 Å². The van der Waals surface area contributed by atoms with E-state index in [-0.39, 0.29) is 10.5 Å².